The molecule has 2 fully saturated rings. The molecule has 4 unspecified atom stereocenters. The highest BCUT2D eigenvalue weighted by atomic mass is 16.3. The lowest BCUT2D eigenvalue weighted by molar-refractivity contribution is -0.0414. The first kappa shape index (κ1) is 13.4. The number of rotatable bonds is 2. The van der Waals surface area contributed by atoms with Crippen molar-refractivity contribution in [3.8, 4) is 0 Å². The third kappa shape index (κ3) is 2.85. The first-order valence-electron chi connectivity index (χ1n) is 7.30. The zero-order chi connectivity index (χ0) is 12.6. The highest BCUT2D eigenvalue weighted by molar-refractivity contribution is 4.91. The van der Waals surface area contributed by atoms with E-state index in [2.05, 4.69) is 32.6 Å². The van der Waals surface area contributed by atoms with Crippen molar-refractivity contribution >= 4 is 0 Å². The van der Waals surface area contributed by atoms with E-state index in [1.165, 1.54) is 32.4 Å². The number of nitrogens with zero attached hydrogens (tertiary/aromatic N) is 1. The summed E-state index contributed by atoms with van der Waals surface area (Å²) in [6.07, 6.45) is 3.57. The van der Waals surface area contributed by atoms with Crippen molar-refractivity contribution < 1.29 is 5.11 Å². The molecule has 0 amide bonds. The largest absolute Gasteiger partial charge is 0.392 e. The Labute approximate surface area is 106 Å². The van der Waals surface area contributed by atoms with Crippen LogP contribution in [-0.2, 0) is 0 Å². The smallest absolute Gasteiger partial charge is 0.0631 e. The molecule has 4 atom stereocenters. The molecule has 1 saturated carbocycles. The Morgan fingerprint density at radius 1 is 1.18 bits per heavy atom. The van der Waals surface area contributed by atoms with E-state index < -0.39 is 0 Å². The lowest BCUT2D eigenvalue weighted by atomic mass is 9.69. The van der Waals surface area contributed by atoms with Crippen molar-refractivity contribution in [3.63, 3.8) is 0 Å². The molecule has 0 aromatic rings. The second-order valence-corrected chi connectivity index (χ2v) is 7.26. The first-order chi connectivity index (χ1) is 7.90. The number of hydrogen-bond donors (Lipinski definition) is 1. The maximum Gasteiger partial charge on any atom is 0.0631 e. The van der Waals surface area contributed by atoms with Gasteiger partial charge in [0, 0.05) is 19.6 Å². The predicted molar refractivity (Wildman–Crippen MR) is 71.9 cm³/mol. The fourth-order valence-electron chi connectivity index (χ4n) is 3.68. The maximum absolute atomic E-state index is 10.5. The molecular formula is C15H29NO. The molecular weight excluding hydrogens is 210 g/mol. The van der Waals surface area contributed by atoms with Gasteiger partial charge in [0.25, 0.3) is 0 Å². The lowest BCUT2D eigenvalue weighted by Gasteiger charge is -2.42. The molecule has 2 aliphatic rings. The van der Waals surface area contributed by atoms with Crippen molar-refractivity contribution in [2.75, 3.05) is 19.6 Å². The first-order valence-corrected chi connectivity index (χ1v) is 7.30. The van der Waals surface area contributed by atoms with Gasteiger partial charge in [0.15, 0.2) is 0 Å². The summed E-state index contributed by atoms with van der Waals surface area (Å²) >= 11 is 0. The minimum atomic E-state index is -0.109. The summed E-state index contributed by atoms with van der Waals surface area (Å²) in [6, 6.07) is 0. The van der Waals surface area contributed by atoms with Gasteiger partial charge < -0.3 is 10.0 Å². The van der Waals surface area contributed by atoms with Crippen LogP contribution >= 0.6 is 0 Å². The van der Waals surface area contributed by atoms with Gasteiger partial charge in [-0.05, 0) is 36.0 Å². The summed E-state index contributed by atoms with van der Waals surface area (Å²) in [5, 5.41) is 10.5. The zero-order valence-electron chi connectivity index (χ0n) is 11.9. The number of aliphatic hydroxyl groups excluding tert-OH is 1. The van der Waals surface area contributed by atoms with E-state index in [1.807, 2.05) is 0 Å². The molecule has 0 bridgehead atoms. The monoisotopic (exact) mass is 239 g/mol. The highest BCUT2D eigenvalue weighted by Gasteiger charge is 2.39. The quantitative estimate of drug-likeness (QED) is 0.801. The fourth-order valence-corrected chi connectivity index (χ4v) is 3.68. The van der Waals surface area contributed by atoms with Crippen molar-refractivity contribution in [3.05, 3.63) is 0 Å². The average Bonchev–Trinajstić information content (AvgIpc) is 2.54. The SMILES string of the molecule is CC1CN(CC2CCCC(C)(C)C2O)CC1C. The van der Waals surface area contributed by atoms with Crippen LogP contribution in [0.3, 0.4) is 0 Å². The maximum atomic E-state index is 10.5. The third-order valence-corrected chi connectivity index (χ3v) is 5.20. The van der Waals surface area contributed by atoms with E-state index in [9.17, 15) is 5.11 Å². The van der Waals surface area contributed by atoms with Gasteiger partial charge in [0.1, 0.15) is 0 Å². The molecule has 1 aliphatic carbocycles. The molecule has 1 aliphatic heterocycles. The second-order valence-electron chi connectivity index (χ2n) is 7.26. The standard InChI is InChI=1S/C15H29NO/c1-11-8-16(9-12(11)2)10-13-6-5-7-15(3,4)14(13)17/h11-14,17H,5-10H2,1-4H3. The van der Waals surface area contributed by atoms with Crippen molar-refractivity contribution in [2.45, 2.75) is 53.1 Å². The summed E-state index contributed by atoms with van der Waals surface area (Å²) in [7, 11) is 0. The van der Waals surface area contributed by atoms with Crippen LogP contribution in [0, 0.1) is 23.2 Å². The van der Waals surface area contributed by atoms with Gasteiger partial charge >= 0.3 is 0 Å². The molecule has 0 spiro atoms. The van der Waals surface area contributed by atoms with Gasteiger partial charge in [-0.3, -0.25) is 0 Å². The van der Waals surface area contributed by atoms with E-state index in [-0.39, 0.29) is 11.5 Å². The van der Waals surface area contributed by atoms with Crippen LogP contribution in [-0.4, -0.2) is 35.7 Å². The number of likely N-dealkylation sites (tertiary alicyclic amines) is 1. The highest BCUT2D eigenvalue weighted by Crippen LogP contribution is 2.39. The summed E-state index contributed by atoms with van der Waals surface area (Å²) < 4.78 is 0. The Morgan fingerprint density at radius 3 is 2.35 bits per heavy atom. The van der Waals surface area contributed by atoms with Crippen LogP contribution in [0.5, 0.6) is 0 Å². The van der Waals surface area contributed by atoms with Crippen LogP contribution in [0.4, 0.5) is 0 Å². The molecule has 0 aromatic carbocycles. The minimum Gasteiger partial charge on any atom is -0.392 e. The molecule has 2 rings (SSSR count). The number of hydrogen-bond acceptors (Lipinski definition) is 2. The zero-order valence-corrected chi connectivity index (χ0v) is 11.9. The third-order valence-electron chi connectivity index (χ3n) is 5.20. The Hall–Kier alpha value is -0.0800. The Morgan fingerprint density at radius 2 is 1.76 bits per heavy atom. The van der Waals surface area contributed by atoms with Gasteiger partial charge in [-0.1, -0.05) is 34.1 Å². The molecule has 0 radical (unpaired) electrons. The van der Waals surface area contributed by atoms with Crippen molar-refractivity contribution in [1.82, 2.24) is 4.90 Å². The topological polar surface area (TPSA) is 23.5 Å². The van der Waals surface area contributed by atoms with Gasteiger partial charge in [-0.15, -0.1) is 0 Å². The Bertz CT molecular complexity index is 254. The molecule has 2 heteroatoms. The van der Waals surface area contributed by atoms with E-state index in [0.717, 1.165) is 18.4 Å². The van der Waals surface area contributed by atoms with Gasteiger partial charge in [0.05, 0.1) is 6.10 Å². The predicted octanol–water partition coefficient (Wildman–Crippen LogP) is 2.76. The molecule has 100 valence electrons. The van der Waals surface area contributed by atoms with E-state index in [1.54, 1.807) is 0 Å². The fraction of sp³-hybridized carbons (Fsp3) is 1.00. The minimum absolute atomic E-state index is 0.109. The van der Waals surface area contributed by atoms with Gasteiger partial charge in [-0.2, -0.15) is 0 Å². The van der Waals surface area contributed by atoms with E-state index in [0.29, 0.717) is 5.92 Å². The van der Waals surface area contributed by atoms with E-state index >= 15 is 0 Å². The van der Waals surface area contributed by atoms with Crippen molar-refractivity contribution in [2.24, 2.45) is 23.2 Å². The summed E-state index contributed by atoms with van der Waals surface area (Å²) in [5.41, 5.74) is 0.125. The normalized spacial score (nSPS) is 42.9. The van der Waals surface area contributed by atoms with Gasteiger partial charge in [-0.25, -0.2) is 0 Å². The second kappa shape index (κ2) is 4.89. The van der Waals surface area contributed by atoms with Crippen molar-refractivity contribution in [1.29, 1.82) is 0 Å². The number of aliphatic hydroxyl groups is 1. The molecule has 1 saturated heterocycles. The van der Waals surface area contributed by atoms with Gasteiger partial charge in [0.2, 0.25) is 0 Å². The average molecular weight is 239 g/mol. The van der Waals surface area contributed by atoms with Crippen LogP contribution in [0.15, 0.2) is 0 Å². The molecule has 2 nitrogen and oxygen atoms in total. The Balaban J connectivity index is 1.91. The summed E-state index contributed by atoms with van der Waals surface area (Å²) in [6.45, 7) is 12.7. The van der Waals surface area contributed by atoms with Crippen LogP contribution in [0.25, 0.3) is 0 Å². The van der Waals surface area contributed by atoms with Crippen LogP contribution in [0.1, 0.15) is 47.0 Å². The molecule has 1 heterocycles. The Kier molecular flexibility index (Phi) is 3.84. The lowest BCUT2D eigenvalue weighted by Crippen LogP contribution is -2.44. The summed E-state index contributed by atoms with van der Waals surface area (Å²) in [5.74, 6) is 2.14. The molecule has 1 N–H and O–H groups in total. The molecule has 17 heavy (non-hydrogen) atoms. The summed E-state index contributed by atoms with van der Waals surface area (Å²) in [4.78, 5) is 2.57. The van der Waals surface area contributed by atoms with Crippen LogP contribution in [0.2, 0.25) is 0 Å². The van der Waals surface area contributed by atoms with E-state index in [4.69, 9.17) is 0 Å². The molecule has 0 aromatic heterocycles. The van der Waals surface area contributed by atoms with Crippen LogP contribution < -0.4 is 0 Å².